The number of anilines is 1. The molecular formula is C19H17N5O3. The van der Waals surface area contributed by atoms with E-state index in [9.17, 15) is 4.79 Å². The number of hydrogen-bond donors (Lipinski definition) is 1. The first-order valence-electron chi connectivity index (χ1n) is 8.39. The number of aryl methyl sites for hydroxylation is 2. The smallest absolute Gasteiger partial charge is 0.248 e. The standard InChI is InChI=1S/C19H17N5O3/c1-12-7-9-16(26-12)14-5-3-4-6-15(14)20-18(25)11-24-22-19(21-23-24)17-10-8-13(2)27-17/h3-10H,11H2,1-2H3,(H,20,25). The van der Waals surface area contributed by atoms with Gasteiger partial charge in [-0.3, -0.25) is 4.79 Å². The van der Waals surface area contributed by atoms with Crippen LogP contribution in [-0.4, -0.2) is 26.1 Å². The molecule has 136 valence electrons. The van der Waals surface area contributed by atoms with Crippen LogP contribution < -0.4 is 5.32 Å². The van der Waals surface area contributed by atoms with Crippen molar-refractivity contribution >= 4 is 11.6 Å². The Morgan fingerprint density at radius 2 is 1.70 bits per heavy atom. The molecule has 0 aliphatic carbocycles. The number of rotatable bonds is 5. The minimum absolute atomic E-state index is 0.0712. The maximum Gasteiger partial charge on any atom is 0.248 e. The number of nitrogens with zero attached hydrogens (tertiary/aromatic N) is 4. The Hall–Kier alpha value is -3.68. The first-order chi connectivity index (χ1) is 13.1. The van der Waals surface area contributed by atoms with Crippen LogP contribution in [0, 0.1) is 13.8 Å². The van der Waals surface area contributed by atoms with Crippen molar-refractivity contribution in [1.29, 1.82) is 0 Å². The Morgan fingerprint density at radius 3 is 2.41 bits per heavy atom. The molecule has 3 aromatic heterocycles. The van der Waals surface area contributed by atoms with E-state index in [2.05, 4.69) is 20.7 Å². The van der Waals surface area contributed by atoms with Crippen LogP contribution in [0.4, 0.5) is 5.69 Å². The predicted molar refractivity (Wildman–Crippen MR) is 97.8 cm³/mol. The second-order valence-electron chi connectivity index (χ2n) is 6.06. The van der Waals surface area contributed by atoms with Gasteiger partial charge in [-0.2, -0.15) is 4.80 Å². The Morgan fingerprint density at radius 1 is 1.00 bits per heavy atom. The molecule has 0 unspecified atom stereocenters. The molecule has 27 heavy (non-hydrogen) atoms. The van der Waals surface area contributed by atoms with Crippen LogP contribution in [0.3, 0.4) is 0 Å². The molecule has 8 heteroatoms. The summed E-state index contributed by atoms with van der Waals surface area (Å²) >= 11 is 0. The molecule has 1 N–H and O–H groups in total. The molecule has 1 amide bonds. The lowest BCUT2D eigenvalue weighted by atomic mass is 10.1. The predicted octanol–water partition coefficient (Wildman–Crippen LogP) is 3.45. The number of carbonyl (C=O) groups excluding carboxylic acids is 1. The molecule has 4 rings (SSSR count). The molecule has 0 aliphatic rings. The lowest BCUT2D eigenvalue weighted by Gasteiger charge is -2.09. The van der Waals surface area contributed by atoms with Gasteiger partial charge in [0.1, 0.15) is 23.8 Å². The van der Waals surface area contributed by atoms with Crippen LogP contribution in [0.5, 0.6) is 0 Å². The molecule has 0 saturated carbocycles. The number of amides is 1. The summed E-state index contributed by atoms with van der Waals surface area (Å²) in [5.74, 6) is 2.82. The fraction of sp³-hybridized carbons (Fsp3) is 0.158. The third-order valence-corrected chi connectivity index (χ3v) is 3.91. The van der Waals surface area contributed by atoms with Crippen molar-refractivity contribution in [1.82, 2.24) is 20.2 Å². The molecule has 4 aromatic rings. The summed E-state index contributed by atoms with van der Waals surface area (Å²) in [7, 11) is 0. The van der Waals surface area contributed by atoms with Gasteiger partial charge in [0.25, 0.3) is 0 Å². The van der Waals surface area contributed by atoms with Crippen LogP contribution in [0.15, 0.2) is 57.4 Å². The summed E-state index contributed by atoms with van der Waals surface area (Å²) in [6, 6.07) is 14.8. The SMILES string of the molecule is Cc1ccc(-c2nnn(CC(=O)Nc3ccccc3-c3ccc(C)o3)n2)o1. The first-order valence-corrected chi connectivity index (χ1v) is 8.39. The summed E-state index contributed by atoms with van der Waals surface area (Å²) in [4.78, 5) is 13.7. The minimum Gasteiger partial charge on any atom is -0.461 e. The van der Waals surface area contributed by atoms with Crippen LogP contribution in [0.2, 0.25) is 0 Å². The zero-order valence-corrected chi connectivity index (χ0v) is 14.8. The van der Waals surface area contributed by atoms with Gasteiger partial charge in [-0.05, 0) is 55.5 Å². The fourth-order valence-electron chi connectivity index (χ4n) is 2.67. The maximum absolute atomic E-state index is 12.4. The zero-order chi connectivity index (χ0) is 18.8. The van der Waals surface area contributed by atoms with Crippen molar-refractivity contribution in [3.8, 4) is 22.9 Å². The molecule has 3 heterocycles. The molecule has 0 fully saturated rings. The lowest BCUT2D eigenvalue weighted by Crippen LogP contribution is -2.20. The number of benzene rings is 1. The molecule has 0 saturated heterocycles. The average molecular weight is 363 g/mol. The number of carbonyl (C=O) groups is 1. The highest BCUT2D eigenvalue weighted by molar-refractivity contribution is 5.94. The number of tetrazole rings is 1. The van der Waals surface area contributed by atoms with Gasteiger partial charge in [0, 0.05) is 5.56 Å². The van der Waals surface area contributed by atoms with E-state index in [0.29, 0.717) is 23.0 Å². The van der Waals surface area contributed by atoms with E-state index in [1.165, 1.54) is 4.80 Å². The molecule has 1 aromatic carbocycles. The molecule has 0 radical (unpaired) electrons. The lowest BCUT2D eigenvalue weighted by molar-refractivity contribution is -0.117. The Bertz CT molecular complexity index is 1090. The minimum atomic E-state index is -0.273. The maximum atomic E-state index is 12.4. The van der Waals surface area contributed by atoms with E-state index >= 15 is 0 Å². The molecule has 8 nitrogen and oxygen atoms in total. The van der Waals surface area contributed by atoms with Gasteiger partial charge >= 0.3 is 0 Å². The summed E-state index contributed by atoms with van der Waals surface area (Å²) in [5, 5.41) is 14.9. The van der Waals surface area contributed by atoms with Gasteiger partial charge < -0.3 is 14.2 Å². The van der Waals surface area contributed by atoms with Gasteiger partial charge in [-0.15, -0.1) is 10.2 Å². The monoisotopic (exact) mass is 363 g/mol. The third-order valence-electron chi connectivity index (χ3n) is 3.91. The normalized spacial score (nSPS) is 10.9. The number of hydrogen-bond acceptors (Lipinski definition) is 6. The number of para-hydroxylation sites is 1. The van der Waals surface area contributed by atoms with E-state index in [1.54, 1.807) is 6.07 Å². The Labute approximate surface area is 154 Å². The summed E-state index contributed by atoms with van der Waals surface area (Å²) in [5.41, 5.74) is 1.45. The molecule has 0 aliphatic heterocycles. The quantitative estimate of drug-likeness (QED) is 0.583. The highest BCUT2D eigenvalue weighted by atomic mass is 16.3. The zero-order valence-electron chi connectivity index (χ0n) is 14.8. The highest BCUT2D eigenvalue weighted by Gasteiger charge is 2.14. The van der Waals surface area contributed by atoms with E-state index in [1.807, 2.05) is 56.3 Å². The summed E-state index contributed by atoms with van der Waals surface area (Å²) in [6.07, 6.45) is 0. The summed E-state index contributed by atoms with van der Waals surface area (Å²) in [6.45, 7) is 3.64. The topological polar surface area (TPSA) is 99.0 Å². The van der Waals surface area contributed by atoms with E-state index in [-0.39, 0.29) is 12.5 Å². The van der Waals surface area contributed by atoms with Crippen LogP contribution in [0.25, 0.3) is 22.9 Å². The average Bonchev–Trinajstić information content (AvgIpc) is 3.37. The molecule has 0 bridgehead atoms. The largest absolute Gasteiger partial charge is 0.461 e. The Kier molecular flexibility index (Phi) is 4.29. The van der Waals surface area contributed by atoms with Gasteiger partial charge in [0.15, 0.2) is 5.76 Å². The van der Waals surface area contributed by atoms with Crippen LogP contribution in [0.1, 0.15) is 11.5 Å². The van der Waals surface area contributed by atoms with Crippen LogP contribution >= 0.6 is 0 Å². The van der Waals surface area contributed by atoms with E-state index < -0.39 is 0 Å². The van der Waals surface area contributed by atoms with Crippen molar-refractivity contribution in [2.75, 3.05) is 5.32 Å². The van der Waals surface area contributed by atoms with Crippen molar-refractivity contribution in [2.24, 2.45) is 0 Å². The molecule has 0 atom stereocenters. The first kappa shape index (κ1) is 16.8. The van der Waals surface area contributed by atoms with Gasteiger partial charge in [-0.25, -0.2) is 0 Å². The van der Waals surface area contributed by atoms with Gasteiger partial charge in [0.2, 0.25) is 11.7 Å². The number of nitrogens with one attached hydrogen (secondary N) is 1. The van der Waals surface area contributed by atoms with Crippen molar-refractivity contribution < 1.29 is 13.6 Å². The number of furan rings is 2. The second-order valence-corrected chi connectivity index (χ2v) is 6.06. The van der Waals surface area contributed by atoms with Crippen LogP contribution in [-0.2, 0) is 11.3 Å². The molecular weight excluding hydrogens is 346 g/mol. The second kappa shape index (κ2) is 6.91. The summed E-state index contributed by atoms with van der Waals surface area (Å²) < 4.78 is 11.1. The van der Waals surface area contributed by atoms with Crippen molar-refractivity contribution in [3.63, 3.8) is 0 Å². The van der Waals surface area contributed by atoms with Crippen molar-refractivity contribution in [3.05, 3.63) is 60.1 Å². The molecule has 0 spiro atoms. The van der Waals surface area contributed by atoms with E-state index in [0.717, 1.165) is 17.1 Å². The Balaban J connectivity index is 1.48. The van der Waals surface area contributed by atoms with Crippen molar-refractivity contribution in [2.45, 2.75) is 20.4 Å². The van der Waals surface area contributed by atoms with Gasteiger partial charge in [-0.1, -0.05) is 12.1 Å². The highest BCUT2D eigenvalue weighted by Crippen LogP contribution is 2.29. The van der Waals surface area contributed by atoms with Gasteiger partial charge in [0.05, 0.1) is 5.69 Å². The fourth-order valence-corrected chi connectivity index (χ4v) is 2.67. The number of aromatic nitrogens is 4. The third kappa shape index (κ3) is 3.64. The van der Waals surface area contributed by atoms with E-state index in [4.69, 9.17) is 8.83 Å².